The lowest BCUT2D eigenvalue weighted by molar-refractivity contribution is 0.0919. The fraction of sp³-hybridized carbons (Fsp3) is 0.526. The van der Waals surface area contributed by atoms with E-state index in [0.29, 0.717) is 17.3 Å². The Kier molecular flexibility index (Phi) is 5.81. The topological polar surface area (TPSA) is 77.2 Å². The Labute approximate surface area is 148 Å². The summed E-state index contributed by atoms with van der Waals surface area (Å²) in [6, 6.07) is 7.56. The molecular formula is C19H25N3O3. The van der Waals surface area contributed by atoms with Crippen LogP contribution in [0.25, 0.3) is 11.5 Å². The molecule has 0 aliphatic heterocycles. The molecule has 1 aliphatic carbocycles. The van der Waals surface area contributed by atoms with Crippen molar-refractivity contribution in [1.29, 1.82) is 0 Å². The minimum absolute atomic E-state index is 0.0415. The van der Waals surface area contributed by atoms with Gasteiger partial charge in [0.05, 0.1) is 0 Å². The number of aromatic nitrogens is 2. The smallest absolute Gasteiger partial charge is 0.251 e. The highest BCUT2D eigenvalue weighted by molar-refractivity contribution is 5.95. The van der Waals surface area contributed by atoms with E-state index >= 15 is 0 Å². The summed E-state index contributed by atoms with van der Waals surface area (Å²) in [4.78, 5) is 12.6. The molecule has 2 aromatic rings. The Morgan fingerprint density at radius 3 is 3.04 bits per heavy atom. The van der Waals surface area contributed by atoms with E-state index in [1.54, 1.807) is 13.2 Å². The molecule has 1 fully saturated rings. The molecule has 6 nitrogen and oxygen atoms in total. The Morgan fingerprint density at radius 2 is 2.24 bits per heavy atom. The number of nitrogens with zero attached hydrogens (tertiary/aromatic N) is 2. The first-order valence-corrected chi connectivity index (χ1v) is 8.92. The number of nitrogens with one attached hydrogen (secondary N) is 1. The lowest BCUT2D eigenvalue weighted by Gasteiger charge is -2.29. The molecule has 1 amide bonds. The van der Waals surface area contributed by atoms with Crippen LogP contribution in [0.2, 0.25) is 0 Å². The monoisotopic (exact) mass is 343 g/mol. The molecule has 3 rings (SSSR count). The van der Waals surface area contributed by atoms with Gasteiger partial charge in [-0.2, -0.15) is 0 Å². The van der Waals surface area contributed by atoms with E-state index in [1.807, 2.05) is 18.2 Å². The van der Waals surface area contributed by atoms with Gasteiger partial charge in [0, 0.05) is 24.3 Å². The first kappa shape index (κ1) is 17.6. The fourth-order valence-corrected chi connectivity index (χ4v) is 3.41. The van der Waals surface area contributed by atoms with Crippen LogP contribution in [0.3, 0.4) is 0 Å². The summed E-state index contributed by atoms with van der Waals surface area (Å²) in [6.07, 6.45) is 5.79. The van der Waals surface area contributed by atoms with Crippen LogP contribution in [-0.4, -0.2) is 29.3 Å². The van der Waals surface area contributed by atoms with E-state index in [2.05, 4.69) is 22.4 Å². The van der Waals surface area contributed by atoms with Crippen LogP contribution < -0.4 is 5.32 Å². The van der Waals surface area contributed by atoms with Crippen molar-refractivity contribution in [3.05, 3.63) is 35.7 Å². The van der Waals surface area contributed by atoms with Crippen LogP contribution in [0.15, 0.2) is 28.7 Å². The molecule has 0 radical (unpaired) electrons. The zero-order valence-electron chi connectivity index (χ0n) is 14.8. The number of ether oxygens (including phenoxy) is 1. The van der Waals surface area contributed by atoms with E-state index in [1.165, 1.54) is 19.3 Å². The molecule has 134 valence electrons. The van der Waals surface area contributed by atoms with Gasteiger partial charge in [0.15, 0.2) is 0 Å². The molecule has 1 aromatic heterocycles. The molecule has 1 aromatic carbocycles. The summed E-state index contributed by atoms with van der Waals surface area (Å²) in [7, 11) is 1.57. The van der Waals surface area contributed by atoms with E-state index in [9.17, 15) is 4.79 Å². The summed E-state index contributed by atoms with van der Waals surface area (Å²) in [5, 5.41) is 11.1. The van der Waals surface area contributed by atoms with Crippen LogP contribution in [0.4, 0.5) is 0 Å². The van der Waals surface area contributed by atoms with E-state index in [0.717, 1.165) is 24.3 Å². The van der Waals surface area contributed by atoms with Crippen molar-refractivity contribution < 1.29 is 13.9 Å². The fourth-order valence-electron chi connectivity index (χ4n) is 3.41. The normalized spacial score (nSPS) is 20.4. The van der Waals surface area contributed by atoms with Crippen LogP contribution >= 0.6 is 0 Å². The SMILES string of the molecule is CC[C@@H]1CCC[C@@H](NC(=O)c2cccc(-c3nnc(COC)o3)c2)C1. The molecule has 1 aliphatic rings. The second kappa shape index (κ2) is 8.25. The van der Waals surface area contributed by atoms with Gasteiger partial charge in [-0.25, -0.2) is 0 Å². The third-order valence-electron chi connectivity index (χ3n) is 4.80. The molecule has 2 atom stereocenters. The van der Waals surface area contributed by atoms with Gasteiger partial charge in [0.1, 0.15) is 6.61 Å². The molecule has 0 unspecified atom stereocenters. The van der Waals surface area contributed by atoms with Crippen LogP contribution in [0.1, 0.15) is 55.3 Å². The third kappa shape index (κ3) is 4.45. The van der Waals surface area contributed by atoms with Crippen molar-refractivity contribution in [3.63, 3.8) is 0 Å². The van der Waals surface area contributed by atoms with E-state index in [4.69, 9.17) is 9.15 Å². The number of carbonyl (C=O) groups excluding carboxylic acids is 1. The quantitative estimate of drug-likeness (QED) is 0.867. The molecule has 1 saturated carbocycles. The summed E-state index contributed by atoms with van der Waals surface area (Å²) in [5.74, 6) is 1.49. The zero-order chi connectivity index (χ0) is 17.6. The lowest BCUT2D eigenvalue weighted by atomic mass is 9.84. The molecule has 25 heavy (non-hydrogen) atoms. The predicted octanol–water partition coefficient (Wildman–Crippen LogP) is 3.58. The van der Waals surface area contributed by atoms with E-state index in [-0.39, 0.29) is 18.6 Å². The molecule has 0 saturated heterocycles. The summed E-state index contributed by atoms with van der Waals surface area (Å²) >= 11 is 0. The van der Waals surface area contributed by atoms with Gasteiger partial charge < -0.3 is 14.5 Å². The number of hydrogen-bond donors (Lipinski definition) is 1. The Bertz CT molecular complexity index is 713. The highest BCUT2D eigenvalue weighted by Gasteiger charge is 2.22. The van der Waals surface area contributed by atoms with E-state index < -0.39 is 0 Å². The average molecular weight is 343 g/mol. The van der Waals surface area contributed by atoms with Crippen LogP contribution in [0, 0.1) is 5.92 Å². The minimum Gasteiger partial charge on any atom is -0.418 e. The zero-order valence-corrected chi connectivity index (χ0v) is 14.8. The first-order valence-electron chi connectivity index (χ1n) is 8.92. The largest absolute Gasteiger partial charge is 0.418 e. The minimum atomic E-state index is -0.0415. The maximum atomic E-state index is 12.6. The third-order valence-corrected chi connectivity index (χ3v) is 4.80. The Hall–Kier alpha value is -2.21. The molecule has 0 spiro atoms. The summed E-state index contributed by atoms with van der Waals surface area (Å²) in [5.41, 5.74) is 1.35. The summed E-state index contributed by atoms with van der Waals surface area (Å²) in [6.45, 7) is 2.49. The molecule has 6 heteroatoms. The van der Waals surface area contributed by atoms with Crippen LogP contribution in [-0.2, 0) is 11.3 Å². The number of benzene rings is 1. The predicted molar refractivity (Wildman–Crippen MR) is 94.0 cm³/mol. The van der Waals surface area contributed by atoms with Gasteiger partial charge in [-0.15, -0.1) is 10.2 Å². The van der Waals surface area contributed by atoms with Gasteiger partial charge >= 0.3 is 0 Å². The number of rotatable bonds is 6. The Morgan fingerprint density at radius 1 is 1.36 bits per heavy atom. The maximum absolute atomic E-state index is 12.6. The molecule has 1 N–H and O–H groups in total. The number of hydrogen-bond acceptors (Lipinski definition) is 5. The number of methoxy groups -OCH3 is 1. The second-order valence-electron chi connectivity index (χ2n) is 6.63. The van der Waals surface area contributed by atoms with Crippen molar-refractivity contribution in [2.75, 3.05) is 7.11 Å². The van der Waals surface area contributed by atoms with Crippen molar-refractivity contribution in [1.82, 2.24) is 15.5 Å². The number of carbonyl (C=O) groups is 1. The van der Waals surface area contributed by atoms with Gasteiger partial charge in [-0.1, -0.05) is 32.3 Å². The van der Waals surface area contributed by atoms with Gasteiger partial charge in [-0.05, 0) is 37.0 Å². The maximum Gasteiger partial charge on any atom is 0.251 e. The van der Waals surface area contributed by atoms with Crippen molar-refractivity contribution in [2.45, 2.75) is 51.7 Å². The standard InChI is InChI=1S/C19H25N3O3/c1-3-13-6-4-9-16(10-13)20-18(23)14-7-5-8-15(11-14)19-22-21-17(25-19)12-24-2/h5,7-8,11,13,16H,3-4,6,9-10,12H2,1-2H3,(H,20,23)/t13-,16-/m1/s1. The Balaban J connectivity index is 1.68. The lowest BCUT2D eigenvalue weighted by Crippen LogP contribution is -2.38. The highest BCUT2D eigenvalue weighted by Crippen LogP contribution is 2.27. The molecular weight excluding hydrogens is 318 g/mol. The van der Waals surface area contributed by atoms with Crippen molar-refractivity contribution in [3.8, 4) is 11.5 Å². The molecule has 0 bridgehead atoms. The average Bonchev–Trinajstić information content (AvgIpc) is 3.11. The second-order valence-corrected chi connectivity index (χ2v) is 6.63. The van der Waals surface area contributed by atoms with Crippen molar-refractivity contribution >= 4 is 5.91 Å². The van der Waals surface area contributed by atoms with Crippen LogP contribution in [0.5, 0.6) is 0 Å². The van der Waals surface area contributed by atoms with Gasteiger partial charge in [-0.3, -0.25) is 4.79 Å². The molecule has 1 heterocycles. The van der Waals surface area contributed by atoms with Gasteiger partial charge in [0.25, 0.3) is 5.91 Å². The highest BCUT2D eigenvalue weighted by atomic mass is 16.5. The number of amides is 1. The first-order chi connectivity index (χ1) is 12.2. The summed E-state index contributed by atoms with van der Waals surface area (Å²) < 4.78 is 10.5. The van der Waals surface area contributed by atoms with Gasteiger partial charge in [0.2, 0.25) is 11.8 Å². The van der Waals surface area contributed by atoms with Crippen molar-refractivity contribution in [2.24, 2.45) is 5.92 Å².